The van der Waals surface area contributed by atoms with E-state index in [4.69, 9.17) is 16.3 Å². The van der Waals surface area contributed by atoms with Gasteiger partial charge in [0.25, 0.3) is 10.0 Å². The third kappa shape index (κ3) is 3.20. The number of fused-ring (bicyclic) bond motifs is 1. The molecular weight excluding hydrogens is 338 g/mol. The molecule has 0 radical (unpaired) electrons. The fourth-order valence-corrected chi connectivity index (χ4v) is 3.26. The van der Waals surface area contributed by atoms with Crippen LogP contribution >= 0.6 is 11.6 Å². The SMILES string of the molecule is COc1cccc(S(=O)(=O)Nc2cnc3c(Cl)cccc3n2)c1. The summed E-state index contributed by atoms with van der Waals surface area (Å²) >= 11 is 6.02. The lowest BCUT2D eigenvalue weighted by Gasteiger charge is -2.09. The summed E-state index contributed by atoms with van der Waals surface area (Å²) in [6.45, 7) is 0. The van der Waals surface area contributed by atoms with Gasteiger partial charge in [-0.3, -0.25) is 4.72 Å². The van der Waals surface area contributed by atoms with Crippen LogP contribution in [0.1, 0.15) is 0 Å². The molecule has 1 heterocycles. The summed E-state index contributed by atoms with van der Waals surface area (Å²) in [6.07, 6.45) is 1.33. The second kappa shape index (κ2) is 6.02. The van der Waals surface area contributed by atoms with Gasteiger partial charge in [0.2, 0.25) is 0 Å². The number of anilines is 1. The predicted octanol–water partition coefficient (Wildman–Crippen LogP) is 3.09. The van der Waals surface area contributed by atoms with Crippen LogP contribution in [0.15, 0.2) is 53.6 Å². The minimum Gasteiger partial charge on any atom is -0.497 e. The van der Waals surface area contributed by atoms with E-state index in [9.17, 15) is 8.42 Å². The van der Waals surface area contributed by atoms with Crippen molar-refractivity contribution in [1.82, 2.24) is 9.97 Å². The van der Waals surface area contributed by atoms with E-state index in [0.29, 0.717) is 21.8 Å². The number of ether oxygens (including phenoxy) is 1. The molecule has 0 spiro atoms. The van der Waals surface area contributed by atoms with E-state index in [1.807, 2.05) is 0 Å². The van der Waals surface area contributed by atoms with Crippen LogP contribution in [-0.2, 0) is 10.0 Å². The molecule has 0 aliphatic rings. The number of halogens is 1. The molecule has 1 N–H and O–H groups in total. The van der Waals surface area contributed by atoms with Crippen molar-refractivity contribution >= 4 is 38.5 Å². The normalized spacial score (nSPS) is 11.4. The quantitative estimate of drug-likeness (QED) is 0.782. The molecule has 3 aromatic rings. The van der Waals surface area contributed by atoms with Gasteiger partial charge in [-0.1, -0.05) is 23.7 Å². The maximum atomic E-state index is 12.4. The van der Waals surface area contributed by atoms with Crippen LogP contribution in [0.2, 0.25) is 5.02 Å². The van der Waals surface area contributed by atoms with Gasteiger partial charge >= 0.3 is 0 Å². The monoisotopic (exact) mass is 349 g/mol. The number of nitrogens with one attached hydrogen (secondary N) is 1. The lowest BCUT2D eigenvalue weighted by molar-refractivity contribution is 0.413. The zero-order valence-electron chi connectivity index (χ0n) is 12.0. The van der Waals surface area contributed by atoms with Crippen LogP contribution < -0.4 is 9.46 Å². The summed E-state index contributed by atoms with van der Waals surface area (Å²) in [7, 11) is -2.32. The van der Waals surface area contributed by atoms with Gasteiger partial charge < -0.3 is 4.74 Å². The molecule has 0 amide bonds. The Balaban J connectivity index is 1.97. The Morgan fingerprint density at radius 1 is 1.17 bits per heavy atom. The van der Waals surface area contributed by atoms with E-state index in [0.717, 1.165) is 0 Å². The third-order valence-electron chi connectivity index (χ3n) is 3.11. The highest BCUT2D eigenvalue weighted by Crippen LogP contribution is 2.23. The van der Waals surface area contributed by atoms with Gasteiger partial charge in [0, 0.05) is 6.07 Å². The van der Waals surface area contributed by atoms with Gasteiger partial charge in [0.15, 0.2) is 5.82 Å². The lowest BCUT2D eigenvalue weighted by Crippen LogP contribution is -2.14. The topological polar surface area (TPSA) is 81.2 Å². The van der Waals surface area contributed by atoms with Crippen molar-refractivity contribution in [3.63, 3.8) is 0 Å². The molecule has 0 atom stereocenters. The second-order valence-electron chi connectivity index (χ2n) is 4.65. The molecule has 0 saturated heterocycles. The molecule has 0 aliphatic carbocycles. The summed E-state index contributed by atoms with van der Waals surface area (Å²) in [5.74, 6) is 0.562. The molecule has 0 fully saturated rings. The van der Waals surface area contributed by atoms with Gasteiger partial charge in [-0.25, -0.2) is 18.4 Å². The average Bonchev–Trinajstić information content (AvgIpc) is 2.54. The molecule has 2 aromatic carbocycles. The largest absolute Gasteiger partial charge is 0.497 e. The highest BCUT2D eigenvalue weighted by molar-refractivity contribution is 7.92. The molecule has 23 heavy (non-hydrogen) atoms. The van der Waals surface area contributed by atoms with Crippen LogP contribution in [0.5, 0.6) is 5.75 Å². The van der Waals surface area contributed by atoms with E-state index in [-0.39, 0.29) is 10.7 Å². The first-order valence-corrected chi connectivity index (χ1v) is 8.44. The van der Waals surface area contributed by atoms with Crippen molar-refractivity contribution in [2.75, 3.05) is 11.8 Å². The van der Waals surface area contributed by atoms with Gasteiger partial charge in [0.1, 0.15) is 11.3 Å². The minimum absolute atomic E-state index is 0.0739. The maximum absolute atomic E-state index is 12.4. The standard InChI is InChI=1S/C15H12ClN3O3S/c1-22-10-4-2-5-11(8-10)23(20,21)19-14-9-17-15-12(16)6-3-7-13(15)18-14/h2-9H,1H3,(H,18,19). The highest BCUT2D eigenvalue weighted by Gasteiger charge is 2.16. The third-order valence-corrected chi connectivity index (χ3v) is 4.77. The molecule has 3 rings (SSSR count). The summed E-state index contributed by atoms with van der Waals surface area (Å²) < 4.78 is 32.3. The van der Waals surface area contributed by atoms with Crippen molar-refractivity contribution in [2.45, 2.75) is 4.90 Å². The van der Waals surface area contributed by atoms with E-state index in [2.05, 4.69) is 14.7 Å². The molecule has 0 bridgehead atoms. The van der Waals surface area contributed by atoms with Crippen molar-refractivity contribution < 1.29 is 13.2 Å². The number of hydrogen-bond donors (Lipinski definition) is 1. The molecule has 1 aromatic heterocycles. The van der Waals surface area contributed by atoms with E-state index in [1.54, 1.807) is 30.3 Å². The lowest BCUT2D eigenvalue weighted by atomic mass is 10.3. The molecule has 118 valence electrons. The van der Waals surface area contributed by atoms with Crippen molar-refractivity contribution in [3.05, 3.63) is 53.7 Å². The first-order valence-electron chi connectivity index (χ1n) is 6.58. The Hall–Kier alpha value is -2.38. The van der Waals surface area contributed by atoms with Gasteiger partial charge in [-0.05, 0) is 24.3 Å². The smallest absolute Gasteiger partial charge is 0.263 e. The van der Waals surface area contributed by atoms with Crippen molar-refractivity contribution in [3.8, 4) is 5.75 Å². The zero-order valence-corrected chi connectivity index (χ0v) is 13.6. The Bertz CT molecular complexity index is 977. The minimum atomic E-state index is -3.79. The van der Waals surface area contributed by atoms with E-state index in [1.165, 1.54) is 25.4 Å². The number of sulfonamides is 1. The summed E-state index contributed by atoms with van der Waals surface area (Å²) in [4.78, 5) is 8.44. The second-order valence-corrected chi connectivity index (χ2v) is 6.74. The number of hydrogen-bond acceptors (Lipinski definition) is 5. The van der Waals surface area contributed by atoms with Crippen LogP contribution in [-0.4, -0.2) is 25.5 Å². The average molecular weight is 350 g/mol. The summed E-state index contributed by atoms with van der Waals surface area (Å²) in [6, 6.07) is 11.3. The molecule has 0 aliphatic heterocycles. The molecule has 0 unspecified atom stereocenters. The molecule has 8 heteroatoms. The first kappa shape index (κ1) is 15.5. The van der Waals surface area contributed by atoms with Gasteiger partial charge in [0.05, 0.1) is 28.7 Å². The number of methoxy groups -OCH3 is 1. The number of rotatable bonds is 4. The molecule has 0 saturated carbocycles. The molecular formula is C15H12ClN3O3S. The predicted molar refractivity (Wildman–Crippen MR) is 88.4 cm³/mol. The number of aromatic nitrogens is 2. The van der Waals surface area contributed by atoms with Crippen LogP contribution in [0.25, 0.3) is 11.0 Å². The van der Waals surface area contributed by atoms with Crippen LogP contribution in [0, 0.1) is 0 Å². The number of para-hydroxylation sites is 1. The van der Waals surface area contributed by atoms with Crippen molar-refractivity contribution in [1.29, 1.82) is 0 Å². The fourth-order valence-electron chi connectivity index (χ4n) is 2.02. The maximum Gasteiger partial charge on any atom is 0.263 e. The highest BCUT2D eigenvalue weighted by atomic mass is 35.5. The Morgan fingerprint density at radius 2 is 1.96 bits per heavy atom. The number of nitrogens with zero attached hydrogens (tertiary/aromatic N) is 2. The van der Waals surface area contributed by atoms with E-state index >= 15 is 0 Å². The summed E-state index contributed by atoms with van der Waals surface area (Å²) in [5, 5.41) is 0.456. The van der Waals surface area contributed by atoms with Gasteiger partial charge in [-0.15, -0.1) is 0 Å². The number of benzene rings is 2. The van der Waals surface area contributed by atoms with E-state index < -0.39 is 10.0 Å². The Labute approximate surface area is 138 Å². The van der Waals surface area contributed by atoms with Gasteiger partial charge in [-0.2, -0.15) is 0 Å². The fraction of sp³-hybridized carbons (Fsp3) is 0.0667. The Kier molecular flexibility index (Phi) is 4.06. The van der Waals surface area contributed by atoms with Crippen LogP contribution in [0.3, 0.4) is 0 Å². The first-order chi connectivity index (χ1) is 11.0. The Morgan fingerprint density at radius 3 is 2.74 bits per heavy atom. The molecule has 6 nitrogen and oxygen atoms in total. The van der Waals surface area contributed by atoms with Crippen LogP contribution in [0.4, 0.5) is 5.82 Å². The zero-order chi connectivity index (χ0) is 16.4. The van der Waals surface area contributed by atoms with Crippen molar-refractivity contribution in [2.24, 2.45) is 0 Å². The summed E-state index contributed by atoms with van der Waals surface area (Å²) in [5.41, 5.74) is 1.02.